The molecule has 18 nitrogen and oxygen atoms in total. The van der Waals surface area contributed by atoms with Crippen LogP contribution in [0.25, 0.3) is 0 Å². The van der Waals surface area contributed by atoms with E-state index in [1.807, 2.05) is 24.3 Å². The summed E-state index contributed by atoms with van der Waals surface area (Å²) in [6.07, 6.45) is 14.2. The van der Waals surface area contributed by atoms with Crippen LogP contribution in [0.4, 0.5) is 0 Å². The molecule has 2 heterocycles. The number of aliphatic hydroxyl groups excluding tert-OH is 1. The Morgan fingerprint density at radius 2 is 1.48 bits per heavy atom. The van der Waals surface area contributed by atoms with Gasteiger partial charge < -0.3 is 58.9 Å². The fourth-order valence-electron chi connectivity index (χ4n) is 9.29. The first-order valence-electron chi connectivity index (χ1n) is 23.3. The van der Waals surface area contributed by atoms with Crippen LogP contribution in [0.15, 0.2) is 29.3 Å². The molecule has 1 saturated carbocycles. The molecule has 4 rings (SSSR count). The van der Waals surface area contributed by atoms with Crippen molar-refractivity contribution in [2.75, 3.05) is 26.2 Å². The Labute approximate surface area is 372 Å². The van der Waals surface area contributed by atoms with Gasteiger partial charge in [-0.05, 0) is 81.4 Å². The van der Waals surface area contributed by atoms with Crippen LogP contribution in [0, 0.1) is 5.92 Å². The molecule has 1 unspecified atom stereocenters. The number of aliphatic imine (C=N–C) groups is 1. The number of hydrogen-bond donors (Lipinski definition) is 9. The minimum absolute atomic E-state index is 0.0345. The maximum absolute atomic E-state index is 14.4. The number of benzene rings is 1. The van der Waals surface area contributed by atoms with Gasteiger partial charge >= 0.3 is 5.97 Å². The molecule has 3 aliphatic rings. The topological polar surface area (TPSA) is 302 Å². The highest BCUT2D eigenvalue weighted by Gasteiger charge is 2.51. The number of carbonyl (C=O) groups is 6. The van der Waals surface area contributed by atoms with Crippen LogP contribution in [0.3, 0.4) is 0 Å². The summed E-state index contributed by atoms with van der Waals surface area (Å²) >= 11 is 0. The molecule has 352 valence electrons. The first kappa shape index (κ1) is 50.8. The Morgan fingerprint density at radius 1 is 0.794 bits per heavy atom. The quantitative estimate of drug-likeness (QED) is 0.0343. The molecule has 63 heavy (non-hydrogen) atoms. The summed E-state index contributed by atoms with van der Waals surface area (Å²) in [4.78, 5) is 86.5. The van der Waals surface area contributed by atoms with Crippen LogP contribution < -0.4 is 38.9 Å². The number of nitrogens with one attached hydrogen (secondary N) is 3. The second kappa shape index (κ2) is 26.7. The summed E-state index contributed by atoms with van der Waals surface area (Å²) in [7, 11) is 0. The number of carbonyl (C=O) groups excluding carboxylic acids is 5. The molecule has 2 aliphatic heterocycles. The number of carboxylic acid groups (broad SMARTS) is 1. The minimum Gasteiger partial charge on any atom is -0.480 e. The summed E-state index contributed by atoms with van der Waals surface area (Å²) in [5.41, 5.74) is 24.2. The summed E-state index contributed by atoms with van der Waals surface area (Å²) in [6, 6.07) is 2.75. The maximum atomic E-state index is 14.4. The lowest BCUT2D eigenvalue weighted by atomic mass is 9.84. The minimum atomic E-state index is -1.24. The smallest absolute Gasteiger partial charge is 0.326 e. The molecule has 2 fully saturated rings. The van der Waals surface area contributed by atoms with Crippen molar-refractivity contribution in [3.63, 3.8) is 0 Å². The second-order valence-electron chi connectivity index (χ2n) is 17.5. The first-order chi connectivity index (χ1) is 30.4. The zero-order valence-electron chi connectivity index (χ0n) is 37.0. The molecule has 18 heteroatoms. The van der Waals surface area contributed by atoms with E-state index in [2.05, 4.69) is 20.9 Å². The van der Waals surface area contributed by atoms with Crippen molar-refractivity contribution >= 4 is 41.5 Å². The second-order valence-corrected chi connectivity index (χ2v) is 17.5. The number of amides is 5. The van der Waals surface area contributed by atoms with Crippen LogP contribution in [0.1, 0.15) is 133 Å². The Bertz CT molecular complexity index is 1690. The molecule has 1 saturated heterocycles. The van der Waals surface area contributed by atoms with Crippen LogP contribution in [-0.4, -0.2) is 124 Å². The molecule has 0 aromatic heterocycles. The van der Waals surface area contributed by atoms with Crippen LogP contribution in [0.5, 0.6) is 0 Å². The normalized spacial score (nSPS) is 20.7. The molecule has 1 aromatic carbocycles. The van der Waals surface area contributed by atoms with E-state index in [4.69, 9.17) is 22.9 Å². The standard InChI is InChI=1S/C45H74N10O8/c46-23-13-12-19-33(47)40(58)53-34(20-15-25-51-45(48)49)41(59)50-24-14-6-4-2-1-3-5-7-22-39(57)52-35(29-56)42(60)54-28-32-18-9-8-16-30(32)26-37(54)43(61)55-36-21-11-10-17-31(36)27-38(55)44(62)63/h8-9,16,18,31,33-38,56H,1-7,10-15,17,19-29,46-47H2,(H,50,59)(H,52,57)(H,53,58)(H,62,63)(H4,48,49,51)/t31-,33-,34-,35-,36-,37+,38?/m0/s1. The Kier molecular flexibility index (Phi) is 21.6. The highest BCUT2D eigenvalue weighted by molar-refractivity contribution is 5.95. The first-order valence-corrected chi connectivity index (χ1v) is 23.3. The lowest BCUT2D eigenvalue weighted by molar-refractivity contribution is -0.156. The van der Waals surface area contributed by atoms with E-state index in [9.17, 15) is 39.0 Å². The molecule has 7 atom stereocenters. The van der Waals surface area contributed by atoms with Crippen LogP contribution in [-0.2, 0) is 41.7 Å². The third kappa shape index (κ3) is 15.7. The van der Waals surface area contributed by atoms with Gasteiger partial charge in [-0.2, -0.15) is 0 Å². The predicted molar refractivity (Wildman–Crippen MR) is 239 cm³/mol. The van der Waals surface area contributed by atoms with Crippen molar-refractivity contribution in [3.05, 3.63) is 35.4 Å². The number of aliphatic hydroxyl groups is 1. The monoisotopic (exact) mass is 883 g/mol. The van der Waals surface area contributed by atoms with Crippen molar-refractivity contribution in [3.8, 4) is 0 Å². The van der Waals surface area contributed by atoms with Gasteiger partial charge in [0.15, 0.2) is 5.96 Å². The van der Waals surface area contributed by atoms with E-state index in [1.165, 1.54) is 9.80 Å². The number of guanidine groups is 1. The summed E-state index contributed by atoms with van der Waals surface area (Å²) < 4.78 is 0. The van der Waals surface area contributed by atoms with Gasteiger partial charge in [-0.15, -0.1) is 0 Å². The van der Waals surface area contributed by atoms with Gasteiger partial charge in [0.25, 0.3) is 0 Å². The third-order valence-electron chi connectivity index (χ3n) is 12.8. The number of aliphatic carboxylic acids is 1. The average Bonchev–Trinajstić information content (AvgIpc) is 3.67. The number of carboxylic acids is 1. The highest BCUT2D eigenvalue weighted by Crippen LogP contribution is 2.41. The van der Waals surface area contributed by atoms with Gasteiger partial charge in [-0.3, -0.25) is 29.0 Å². The van der Waals surface area contributed by atoms with Gasteiger partial charge in [0.1, 0.15) is 24.2 Å². The van der Waals surface area contributed by atoms with Gasteiger partial charge in [0, 0.05) is 38.5 Å². The van der Waals surface area contributed by atoms with Crippen molar-refractivity contribution in [2.24, 2.45) is 33.8 Å². The molecule has 13 N–H and O–H groups in total. The fourth-order valence-corrected chi connectivity index (χ4v) is 9.29. The molecule has 1 aromatic rings. The van der Waals surface area contributed by atoms with Gasteiger partial charge in [-0.25, -0.2) is 4.79 Å². The summed E-state index contributed by atoms with van der Waals surface area (Å²) in [5, 5.41) is 28.9. The zero-order valence-corrected chi connectivity index (χ0v) is 37.0. The van der Waals surface area contributed by atoms with E-state index in [0.717, 1.165) is 94.6 Å². The van der Waals surface area contributed by atoms with E-state index in [-0.39, 0.29) is 60.9 Å². The van der Waals surface area contributed by atoms with Crippen LogP contribution in [0.2, 0.25) is 0 Å². The SMILES string of the molecule is NCCCC[C@H](N)C(=O)N[C@@H](CCCN=C(N)N)C(=O)NCCCCCCCCCCC(=O)N[C@@H](CO)C(=O)N1Cc2ccccc2C[C@@H]1C(=O)N1C(C(=O)O)C[C@@H]2CCCC[C@@H]21. The van der Waals surface area contributed by atoms with Gasteiger partial charge in [0.05, 0.1) is 12.6 Å². The van der Waals surface area contributed by atoms with E-state index in [1.54, 1.807) is 0 Å². The molecule has 0 bridgehead atoms. The third-order valence-corrected chi connectivity index (χ3v) is 12.8. The number of hydrogen-bond acceptors (Lipinski definition) is 10. The van der Waals surface area contributed by atoms with E-state index in [0.29, 0.717) is 51.7 Å². The maximum Gasteiger partial charge on any atom is 0.326 e. The average molecular weight is 883 g/mol. The molecule has 5 amide bonds. The van der Waals surface area contributed by atoms with E-state index >= 15 is 0 Å². The highest BCUT2D eigenvalue weighted by atomic mass is 16.4. The largest absolute Gasteiger partial charge is 0.480 e. The summed E-state index contributed by atoms with van der Waals surface area (Å²) in [5.74, 6) is -2.92. The van der Waals surface area contributed by atoms with Gasteiger partial charge in [-0.1, -0.05) is 82.1 Å². The fraction of sp³-hybridized carbons (Fsp3) is 0.711. The van der Waals surface area contributed by atoms with Crippen molar-refractivity contribution in [1.82, 2.24) is 25.8 Å². The number of fused-ring (bicyclic) bond motifs is 2. The predicted octanol–water partition coefficient (Wildman–Crippen LogP) is 1.28. The molecular formula is C45H74N10O8. The molecule has 0 radical (unpaired) electrons. The number of unbranched alkanes of at least 4 members (excludes halogenated alkanes) is 8. The lowest BCUT2D eigenvalue weighted by Crippen LogP contribution is -2.61. The number of likely N-dealkylation sites (tertiary alicyclic amines) is 1. The molecule has 1 aliphatic carbocycles. The van der Waals surface area contributed by atoms with Crippen molar-refractivity contribution < 1.29 is 39.0 Å². The molecular weight excluding hydrogens is 809 g/mol. The number of rotatable bonds is 27. The Balaban J connectivity index is 1.16. The van der Waals surface area contributed by atoms with Crippen LogP contribution >= 0.6 is 0 Å². The molecule has 0 spiro atoms. The van der Waals surface area contributed by atoms with Gasteiger partial charge in [0.2, 0.25) is 29.5 Å². The van der Waals surface area contributed by atoms with Crippen molar-refractivity contribution in [1.29, 1.82) is 0 Å². The lowest BCUT2D eigenvalue weighted by Gasteiger charge is -2.42. The Hall–Kier alpha value is -4.81. The Morgan fingerprint density at radius 3 is 2.16 bits per heavy atom. The van der Waals surface area contributed by atoms with E-state index < -0.39 is 48.7 Å². The number of nitrogens with zero attached hydrogens (tertiary/aromatic N) is 3. The van der Waals surface area contributed by atoms with Crippen molar-refractivity contribution in [2.45, 2.75) is 171 Å². The zero-order chi connectivity index (χ0) is 45.7. The number of nitrogens with two attached hydrogens (primary N) is 4. The summed E-state index contributed by atoms with van der Waals surface area (Å²) in [6.45, 7) is 0.806.